The number of fused-ring (bicyclic) bond motifs is 2. The van der Waals surface area contributed by atoms with Gasteiger partial charge >= 0.3 is 6.03 Å². The molecule has 0 bridgehead atoms. The van der Waals surface area contributed by atoms with E-state index in [-0.39, 0.29) is 18.4 Å². The van der Waals surface area contributed by atoms with E-state index in [0.717, 1.165) is 15.8 Å². The average Bonchev–Trinajstić information content (AvgIpc) is 3.23. The van der Waals surface area contributed by atoms with Crippen LogP contribution in [0.25, 0.3) is 10.2 Å². The second-order valence-corrected chi connectivity index (χ2v) is 8.71. The number of nitrogens with one attached hydrogen (secondary N) is 1. The van der Waals surface area contributed by atoms with Gasteiger partial charge in [-0.15, -0.1) is 11.3 Å². The SMILES string of the molecule is CN(C)C(=O)CN1C(=O)C(NC(=O)n2ccc3cc(Cl)sc32)Cc2ccccc21. The minimum Gasteiger partial charge on any atom is -0.347 e. The standard InChI is InChI=1S/C20H19ClN4O3S/c1-23(2)17(26)11-25-15-6-4-3-5-12(15)9-14(18(25)27)22-20(28)24-8-7-13-10-16(21)29-19(13)24/h3-8,10,14H,9,11H2,1-2H3,(H,22,28). The Balaban J connectivity index is 1.61. The molecule has 3 aromatic rings. The summed E-state index contributed by atoms with van der Waals surface area (Å²) in [4.78, 5) is 41.9. The van der Waals surface area contributed by atoms with Gasteiger partial charge in [-0.2, -0.15) is 0 Å². The molecule has 0 aliphatic carbocycles. The van der Waals surface area contributed by atoms with E-state index < -0.39 is 12.1 Å². The number of para-hydroxylation sites is 1. The summed E-state index contributed by atoms with van der Waals surface area (Å²) in [6.45, 7) is -0.0798. The van der Waals surface area contributed by atoms with Gasteiger partial charge < -0.3 is 15.1 Å². The summed E-state index contributed by atoms with van der Waals surface area (Å²) >= 11 is 7.34. The Bertz CT molecular complexity index is 1120. The number of anilines is 1. The molecular weight excluding hydrogens is 412 g/mol. The largest absolute Gasteiger partial charge is 0.347 e. The summed E-state index contributed by atoms with van der Waals surface area (Å²) in [6, 6.07) is 9.85. The maximum atomic E-state index is 13.1. The van der Waals surface area contributed by atoms with Crippen molar-refractivity contribution in [2.45, 2.75) is 12.5 Å². The molecule has 9 heteroatoms. The molecule has 3 heterocycles. The number of aromatic nitrogens is 1. The van der Waals surface area contributed by atoms with Crippen molar-refractivity contribution in [2.75, 3.05) is 25.5 Å². The van der Waals surface area contributed by atoms with Crippen LogP contribution in [0.1, 0.15) is 5.56 Å². The highest BCUT2D eigenvalue weighted by Gasteiger charge is 2.35. The molecule has 0 saturated carbocycles. The molecular formula is C20H19ClN4O3S. The van der Waals surface area contributed by atoms with Crippen LogP contribution in [-0.2, 0) is 16.0 Å². The zero-order chi connectivity index (χ0) is 20.7. The number of thiophene rings is 1. The lowest BCUT2D eigenvalue weighted by Crippen LogP contribution is -2.55. The average molecular weight is 431 g/mol. The van der Waals surface area contributed by atoms with E-state index in [1.807, 2.05) is 24.3 Å². The molecule has 0 saturated heterocycles. The first kappa shape index (κ1) is 19.5. The second-order valence-electron chi connectivity index (χ2n) is 7.04. The van der Waals surface area contributed by atoms with Gasteiger partial charge in [0.1, 0.15) is 17.4 Å². The fraction of sp³-hybridized carbons (Fsp3) is 0.250. The lowest BCUT2D eigenvalue weighted by Gasteiger charge is -2.34. The number of carbonyl (C=O) groups excluding carboxylic acids is 3. The van der Waals surface area contributed by atoms with E-state index >= 15 is 0 Å². The van der Waals surface area contributed by atoms with Gasteiger partial charge in [0.05, 0.1) is 4.34 Å². The van der Waals surface area contributed by atoms with Gasteiger partial charge in [0, 0.05) is 37.8 Å². The summed E-state index contributed by atoms with van der Waals surface area (Å²) in [7, 11) is 3.29. The van der Waals surface area contributed by atoms with E-state index in [0.29, 0.717) is 16.4 Å². The van der Waals surface area contributed by atoms with Crippen LogP contribution in [0.3, 0.4) is 0 Å². The minimum atomic E-state index is -0.764. The number of hydrogen-bond acceptors (Lipinski definition) is 4. The van der Waals surface area contributed by atoms with Gasteiger partial charge in [-0.3, -0.25) is 14.2 Å². The monoisotopic (exact) mass is 430 g/mol. The molecule has 1 unspecified atom stereocenters. The van der Waals surface area contributed by atoms with Crippen LogP contribution in [0.4, 0.5) is 10.5 Å². The number of carbonyl (C=O) groups is 3. The number of halogens is 1. The van der Waals surface area contributed by atoms with Crippen molar-refractivity contribution in [3.63, 3.8) is 0 Å². The van der Waals surface area contributed by atoms with Crippen molar-refractivity contribution in [2.24, 2.45) is 0 Å². The number of hydrogen-bond donors (Lipinski definition) is 1. The molecule has 0 spiro atoms. The Hall–Kier alpha value is -2.84. The molecule has 3 amide bonds. The molecule has 2 aromatic heterocycles. The number of likely N-dealkylation sites (N-methyl/N-ethyl adjacent to an activating group) is 1. The molecule has 4 rings (SSSR count). The summed E-state index contributed by atoms with van der Waals surface area (Å²) in [5.74, 6) is -0.500. The lowest BCUT2D eigenvalue weighted by atomic mass is 9.97. The van der Waals surface area contributed by atoms with Crippen LogP contribution in [0.15, 0.2) is 42.6 Å². The molecule has 0 fully saturated rings. The minimum absolute atomic E-state index is 0.0798. The molecule has 1 N–H and O–H groups in total. The zero-order valence-corrected chi connectivity index (χ0v) is 17.5. The third-order valence-corrected chi connectivity index (χ3v) is 6.19. The second kappa shape index (κ2) is 7.53. The Morgan fingerprint density at radius 1 is 1.28 bits per heavy atom. The highest BCUT2D eigenvalue weighted by Crippen LogP contribution is 2.31. The lowest BCUT2D eigenvalue weighted by molar-refractivity contribution is -0.129. The van der Waals surface area contributed by atoms with Crippen LogP contribution >= 0.6 is 22.9 Å². The molecule has 0 radical (unpaired) electrons. The van der Waals surface area contributed by atoms with E-state index in [2.05, 4.69) is 5.32 Å². The fourth-order valence-electron chi connectivity index (χ4n) is 3.39. The van der Waals surface area contributed by atoms with E-state index in [1.54, 1.807) is 32.4 Å². The summed E-state index contributed by atoms with van der Waals surface area (Å²) in [5, 5.41) is 3.69. The predicted molar refractivity (Wildman–Crippen MR) is 114 cm³/mol. The molecule has 1 aliphatic rings. The summed E-state index contributed by atoms with van der Waals surface area (Å²) in [6.07, 6.45) is 2.02. The van der Waals surface area contributed by atoms with Gasteiger partial charge in [0.25, 0.3) is 0 Å². The quantitative estimate of drug-likeness (QED) is 0.694. The van der Waals surface area contributed by atoms with E-state index in [9.17, 15) is 14.4 Å². The third-order valence-electron chi connectivity index (χ3n) is 4.91. The van der Waals surface area contributed by atoms with Crippen LogP contribution in [0.2, 0.25) is 4.34 Å². The molecule has 1 atom stereocenters. The van der Waals surface area contributed by atoms with Crippen LogP contribution in [-0.4, -0.2) is 54.0 Å². The first-order chi connectivity index (χ1) is 13.8. The highest BCUT2D eigenvalue weighted by atomic mass is 35.5. The first-order valence-electron chi connectivity index (χ1n) is 9.02. The van der Waals surface area contributed by atoms with Crippen molar-refractivity contribution in [3.05, 3.63) is 52.5 Å². The van der Waals surface area contributed by atoms with Crippen LogP contribution < -0.4 is 10.2 Å². The summed E-state index contributed by atoms with van der Waals surface area (Å²) in [5.41, 5.74) is 1.60. The predicted octanol–water partition coefficient (Wildman–Crippen LogP) is 2.96. The third kappa shape index (κ3) is 3.61. The van der Waals surface area contributed by atoms with Crippen LogP contribution in [0.5, 0.6) is 0 Å². The van der Waals surface area contributed by atoms with Crippen molar-refractivity contribution in [1.82, 2.24) is 14.8 Å². The maximum absolute atomic E-state index is 13.1. The van der Waals surface area contributed by atoms with Crippen molar-refractivity contribution in [1.29, 1.82) is 0 Å². The van der Waals surface area contributed by atoms with Crippen LogP contribution in [0, 0.1) is 0 Å². The Morgan fingerprint density at radius 3 is 2.79 bits per heavy atom. The maximum Gasteiger partial charge on any atom is 0.327 e. The Morgan fingerprint density at radius 2 is 2.03 bits per heavy atom. The Labute approximate surface area is 176 Å². The normalized spacial score (nSPS) is 16.0. The van der Waals surface area contributed by atoms with Gasteiger partial charge in [-0.1, -0.05) is 29.8 Å². The molecule has 1 aliphatic heterocycles. The highest BCUT2D eigenvalue weighted by molar-refractivity contribution is 7.22. The van der Waals surface area contributed by atoms with E-state index in [4.69, 9.17) is 11.6 Å². The van der Waals surface area contributed by atoms with Crippen molar-refractivity contribution in [3.8, 4) is 0 Å². The fourth-order valence-corrected chi connectivity index (χ4v) is 4.58. The number of rotatable bonds is 3. The molecule has 150 valence electrons. The van der Waals surface area contributed by atoms with E-state index in [1.165, 1.54) is 25.7 Å². The zero-order valence-electron chi connectivity index (χ0n) is 15.9. The van der Waals surface area contributed by atoms with Crippen molar-refractivity contribution >= 4 is 56.7 Å². The number of amides is 3. The number of nitrogens with zero attached hydrogens (tertiary/aromatic N) is 3. The van der Waals surface area contributed by atoms with Gasteiger partial charge in [0.2, 0.25) is 11.8 Å². The molecule has 7 nitrogen and oxygen atoms in total. The topological polar surface area (TPSA) is 74.7 Å². The summed E-state index contributed by atoms with van der Waals surface area (Å²) < 4.78 is 2.04. The molecule has 1 aromatic carbocycles. The smallest absolute Gasteiger partial charge is 0.327 e. The number of benzene rings is 1. The molecule has 29 heavy (non-hydrogen) atoms. The van der Waals surface area contributed by atoms with Gasteiger partial charge in [-0.05, 0) is 23.8 Å². The van der Waals surface area contributed by atoms with Crippen molar-refractivity contribution < 1.29 is 14.4 Å². The van der Waals surface area contributed by atoms with Gasteiger partial charge in [-0.25, -0.2) is 4.79 Å². The van der Waals surface area contributed by atoms with Gasteiger partial charge in [0.15, 0.2) is 0 Å². The Kier molecular flexibility index (Phi) is 5.06. The first-order valence-corrected chi connectivity index (χ1v) is 10.2.